The molecule has 1 saturated heterocycles. The summed E-state index contributed by atoms with van der Waals surface area (Å²) in [5.41, 5.74) is 6.53. The number of aliphatic hydroxyl groups is 2. The van der Waals surface area contributed by atoms with Crippen LogP contribution in [0.4, 0.5) is 0 Å². The molecule has 0 amide bonds. The van der Waals surface area contributed by atoms with Crippen LogP contribution in [-0.4, -0.2) is 58.5 Å². The van der Waals surface area contributed by atoms with Crippen LogP contribution in [0.2, 0.25) is 0 Å². The largest absolute Gasteiger partial charge is 0.394 e. The van der Waals surface area contributed by atoms with Crippen molar-refractivity contribution in [1.82, 2.24) is 10.3 Å². The molecule has 3 aliphatic heterocycles. The van der Waals surface area contributed by atoms with Gasteiger partial charge in [0, 0.05) is 12.6 Å². The van der Waals surface area contributed by atoms with Gasteiger partial charge in [-0.2, -0.15) is 5.10 Å². The van der Waals surface area contributed by atoms with E-state index in [1.54, 1.807) is 11.2 Å². The van der Waals surface area contributed by atoms with Gasteiger partial charge < -0.3 is 26.0 Å². The quantitative estimate of drug-likeness (QED) is 0.447. The summed E-state index contributed by atoms with van der Waals surface area (Å²) in [7, 11) is 0. The molecule has 3 aliphatic rings. The Kier molecular flexibility index (Phi) is 2.69. The first-order valence-electron chi connectivity index (χ1n) is 5.76. The molecule has 0 radical (unpaired) electrons. The minimum absolute atomic E-state index is 0.200. The van der Waals surface area contributed by atoms with Gasteiger partial charge in [0.15, 0.2) is 6.17 Å². The average Bonchev–Trinajstić information content (AvgIpc) is 2.93. The molecule has 4 atom stereocenters. The zero-order valence-electron chi connectivity index (χ0n) is 9.60. The molecule has 8 heteroatoms. The maximum atomic E-state index is 9.73. The normalized spacial score (nSPS) is 38.2. The number of ether oxygens (including phenoxy) is 1. The zero-order valence-corrected chi connectivity index (χ0v) is 9.60. The Balaban J connectivity index is 1.76. The van der Waals surface area contributed by atoms with Crippen molar-refractivity contribution in [1.29, 1.82) is 0 Å². The first-order valence-corrected chi connectivity index (χ1v) is 5.76. The van der Waals surface area contributed by atoms with Gasteiger partial charge in [0.25, 0.3) is 0 Å². The second-order valence-electron chi connectivity index (χ2n) is 4.42. The number of hydrogen-bond donors (Lipinski definition) is 4. The van der Waals surface area contributed by atoms with Crippen LogP contribution in [0.25, 0.3) is 0 Å². The summed E-state index contributed by atoms with van der Waals surface area (Å²) in [4.78, 5) is 3.91. The Morgan fingerprint density at radius 1 is 1.61 bits per heavy atom. The minimum atomic E-state index is -0.667. The molecule has 98 valence electrons. The van der Waals surface area contributed by atoms with Gasteiger partial charge in [-0.15, -0.1) is 0 Å². The number of amidine groups is 1. The smallest absolute Gasteiger partial charge is 0.178 e. The van der Waals surface area contributed by atoms with E-state index in [2.05, 4.69) is 15.4 Å². The van der Waals surface area contributed by atoms with E-state index >= 15 is 0 Å². The van der Waals surface area contributed by atoms with Crippen LogP contribution in [-0.2, 0) is 4.74 Å². The Labute approximate surface area is 103 Å². The van der Waals surface area contributed by atoms with Gasteiger partial charge in [-0.05, 0) is 0 Å². The van der Waals surface area contributed by atoms with Crippen molar-refractivity contribution in [3.63, 3.8) is 0 Å². The first kappa shape index (κ1) is 11.5. The van der Waals surface area contributed by atoms with Gasteiger partial charge in [-0.3, -0.25) is 0 Å². The highest BCUT2D eigenvalue weighted by atomic mass is 16.5. The van der Waals surface area contributed by atoms with E-state index in [0.29, 0.717) is 12.3 Å². The molecule has 8 nitrogen and oxygen atoms in total. The third kappa shape index (κ3) is 1.65. The van der Waals surface area contributed by atoms with E-state index in [4.69, 9.17) is 15.6 Å². The fraction of sp³-hybridized carbons (Fsp3) is 0.600. The molecule has 1 unspecified atom stereocenters. The van der Waals surface area contributed by atoms with Crippen molar-refractivity contribution in [2.75, 3.05) is 6.61 Å². The van der Waals surface area contributed by atoms with Crippen molar-refractivity contribution in [3.05, 3.63) is 11.9 Å². The summed E-state index contributed by atoms with van der Waals surface area (Å²) in [6.45, 7) is -0.200. The molecule has 1 fully saturated rings. The van der Waals surface area contributed by atoms with Gasteiger partial charge in [0.1, 0.15) is 24.4 Å². The van der Waals surface area contributed by atoms with Crippen LogP contribution >= 0.6 is 0 Å². The summed E-state index contributed by atoms with van der Waals surface area (Å²) in [5, 5.41) is 27.7. The first-order chi connectivity index (χ1) is 8.70. The Morgan fingerprint density at radius 2 is 2.44 bits per heavy atom. The van der Waals surface area contributed by atoms with Crippen LogP contribution in [0.3, 0.4) is 0 Å². The van der Waals surface area contributed by atoms with Crippen molar-refractivity contribution < 1.29 is 14.9 Å². The number of hydrazone groups is 1. The monoisotopic (exact) mass is 253 g/mol. The highest BCUT2D eigenvalue weighted by Gasteiger charge is 2.41. The number of nitrogens with zero attached hydrogens (tertiary/aromatic N) is 3. The van der Waals surface area contributed by atoms with Crippen LogP contribution in [0.15, 0.2) is 22.0 Å². The third-order valence-electron chi connectivity index (χ3n) is 3.29. The molecule has 0 aromatic carbocycles. The Morgan fingerprint density at radius 3 is 3.17 bits per heavy atom. The van der Waals surface area contributed by atoms with Gasteiger partial charge >= 0.3 is 0 Å². The standard InChI is InChI=1S/C10H15N5O3/c11-9-10-12-2-5(15(10)14-4-13-9)7-1-6(17)8(3-16)18-7/h2,4,6-8,10,12,16-17H,1,3H2,(H2,11,13,14)/t6-,7+,8+,10?/m0/s1. The molecule has 0 saturated carbocycles. The second kappa shape index (κ2) is 4.23. The van der Waals surface area contributed by atoms with E-state index < -0.39 is 12.2 Å². The van der Waals surface area contributed by atoms with Gasteiger partial charge in [0.2, 0.25) is 0 Å². The molecule has 18 heavy (non-hydrogen) atoms. The van der Waals surface area contributed by atoms with E-state index in [1.807, 2.05) is 0 Å². The highest BCUT2D eigenvalue weighted by molar-refractivity contribution is 5.93. The summed E-state index contributed by atoms with van der Waals surface area (Å²) in [5.74, 6) is 0.425. The fourth-order valence-electron chi connectivity index (χ4n) is 2.34. The van der Waals surface area contributed by atoms with E-state index in [-0.39, 0.29) is 18.9 Å². The molecular weight excluding hydrogens is 238 g/mol. The summed E-state index contributed by atoms with van der Waals surface area (Å²) < 4.78 is 5.59. The maximum absolute atomic E-state index is 9.73. The fourth-order valence-corrected chi connectivity index (χ4v) is 2.34. The van der Waals surface area contributed by atoms with Crippen LogP contribution in [0.5, 0.6) is 0 Å². The highest BCUT2D eigenvalue weighted by Crippen LogP contribution is 2.30. The molecule has 0 aromatic heterocycles. The van der Waals surface area contributed by atoms with Crippen LogP contribution < -0.4 is 11.1 Å². The van der Waals surface area contributed by atoms with Gasteiger partial charge in [-0.1, -0.05) is 0 Å². The van der Waals surface area contributed by atoms with E-state index in [1.165, 1.54) is 6.34 Å². The topological polar surface area (TPSA) is 116 Å². The molecule has 0 aromatic rings. The van der Waals surface area contributed by atoms with Crippen molar-refractivity contribution in [2.24, 2.45) is 15.8 Å². The predicted octanol–water partition coefficient (Wildman–Crippen LogP) is -2.12. The molecular formula is C10H15N5O3. The second-order valence-corrected chi connectivity index (χ2v) is 4.42. The maximum Gasteiger partial charge on any atom is 0.178 e. The van der Waals surface area contributed by atoms with Crippen molar-refractivity contribution >= 4 is 12.2 Å². The molecule has 3 rings (SSSR count). The van der Waals surface area contributed by atoms with Crippen LogP contribution in [0.1, 0.15) is 6.42 Å². The molecule has 3 heterocycles. The summed E-state index contributed by atoms with van der Waals surface area (Å²) in [6, 6.07) is 0. The number of nitrogens with two attached hydrogens (primary N) is 1. The predicted molar refractivity (Wildman–Crippen MR) is 63.3 cm³/mol. The number of aliphatic imine (C=N–C) groups is 1. The SMILES string of the molecule is NC1=NC=NN2C([C@H]3C[C@H](O)[C@@H](CO)O3)=CNC12. The lowest BCUT2D eigenvalue weighted by molar-refractivity contribution is -0.0185. The number of fused-ring (bicyclic) bond motifs is 1. The lowest BCUT2D eigenvalue weighted by Crippen LogP contribution is -2.47. The summed E-state index contributed by atoms with van der Waals surface area (Å²) >= 11 is 0. The van der Waals surface area contributed by atoms with E-state index in [9.17, 15) is 5.11 Å². The molecule has 0 aliphatic carbocycles. The lowest BCUT2D eigenvalue weighted by atomic mass is 10.1. The van der Waals surface area contributed by atoms with Gasteiger partial charge in [0.05, 0.1) is 18.4 Å². The molecule has 5 N–H and O–H groups in total. The Bertz CT molecular complexity index is 435. The minimum Gasteiger partial charge on any atom is -0.394 e. The zero-order chi connectivity index (χ0) is 12.7. The lowest BCUT2D eigenvalue weighted by Gasteiger charge is -2.27. The number of rotatable bonds is 2. The van der Waals surface area contributed by atoms with Gasteiger partial charge in [-0.25, -0.2) is 10.0 Å². The van der Waals surface area contributed by atoms with Crippen molar-refractivity contribution in [3.8, 4) is 0 Å². The Hall–Kier alpha value is -1.64. The van der Waals surface area contributed by atoms with E-state index in [0.717, 1.165) is 5.70 Å². The average molecular weight is 253 g/mol. The summed E-state index contributed by atoms with van der Waals surface area (Å²) in [6.07, 6.45) is 1.74. The molecule has 0 bridgehead atoms. The molecule has 0 spiro atoms. The van der Waals surface area contributed by atoms with Crippen LogP contribution in [0, 0.1) is 0 Å². The number of aliphatic hydroxyl groups excluding tert-OH is 2. The van der Waals surface area contributed by atoms with Crippen molar-refractivity contribution in [2.45, 2.75) is 30.9 Å². The number of nitrogens with one attached hydrogen (secondary N) is 1. The third-order valence-corrected chi connectivity index (χ3v) is 3.29. The number of hydrogen-bond acceptors (Lipinski definition) is 8.